The van der Waals surface area contributed by atoms with Crippen LogP contribution < -0.4 is 0 Å². The lowest BCUT2D eigenvalue weighted by Gasteiger charge is -2.45. The van der Waals surface area contributed by atoms with Crippen LogP contribution >= 0.6 is 0 Å². The van der Waals surface area contributed by atoms with Gasteiger partial charge < -0.3 is 10.0 Å². The molecule has 1 N–H and O–H groups in total. The van der Waals surface area contributed by atoms with Crippen LogP contribution in [0.5, 0.6) is 0 Å². The van der Waals surface area contributed by atoms with E-state index in [1.54, 1.807) is 11.9 Å². The lowest BCUT2D eigenvalue weighted by atomic mass is 9.77. The molecule has 2 fully saturated rings. The van der Waals surface area contributed by atoms with E-state index in [2.05, 4.69) is 41.3 Å². The van der Waals surface area contributed by atoms with E-state index in [9.17, 15) is 14.7 Å². The lowest BCUT2D eigenvalue weighted by Crippen LogP contribution is -2.55. The van der Waals surface area contributed by atoms with Gasteiger partial charge in [0.05, 0.1) is 11.5 Å². The molecule has 1 atom stereocenters. The van der Waals surface area contributed by atoms with Crippen molar-refractivity contribution in [2.24, 2.45) is 5.92 Å². The van der Waals surface area contributed by atoms with Crippen molar-refractivity contribution < 1.29 is 14.7 Å². The molecule has 1 amide bonds. The smallest absolute Gasteiger partial charge is 0.309 e. The summed E-state index contributed by atoms with van der Waals surface area (Å²) in [6.45, 7) is 2.44. The number of hydrogen-bond acceptors (Lipinski definition) is 3. The second-order valence-electron chi connectivity index (χ2n) is 7.99. The van der Waals surface area contributed by atoms with Crippen molar-refractivity contribution in [1.82, 2.24) is 9.80 Å². The van der Waals surface area contributed by atoms with Gasteiger partial charge in [-0.05, 0) is 35.6 Å². The molecule has 0 bridgehead atoms. The minimum Gasteiger partial charge on any atom is -0.481 e. The molecule has 1 spiro atoms. The van der Waals surface area contributed by atoms with Gasteiger partial charge in [0.25, 0.3) is 0 Å². The van der Waals surface area contributed by atoms with Crippen LogP contribution in [0.25, 0.3) is 11.1 Å². The van der Waals surface area contributed by atoms with E-state index in [4.69, 9.17) is 0 Å². The Morgan fingerprint density at radius 2 is 1.75 bits per heavy atom. The van der Waals surface area contributed by atoms with Crippen LogP contribution in [0.1, 0.15) is 24.8 Å². The Hall–Kier alpha value is -2.66. The van der Waals surface area contributed by atoms with Gasteiger partial charge in [0.1, 0.15) is 0 Å². The predicted molar refractivity (Wildman–Crippen MR) is 108 cm³/mol. The fourth-order valence-electron chi connectivity index (χ4n) is 4.82. The van der Waals surface area contributed by atoms with E-state index in [0.717, 1.165) is 19.6 Å². The van der Waals surface area contributed by atoms with Crippen LogP contribution in [-0.2, 0) is 16.1 Å². The summed E-state index contributed by atoms with van der Waals surface area (Å²) >= 11 is 0. The van der Waals surface area contributed by atoms with Gasteiger partial charge in [-0.15, -0.1) is 0 Å². The summed E-state index contributed by atoms with van der Waals surface area (Å²) < 4.78 is 0. The third-order valence-corrected chi connectivity index (χ3v) is 6.53. The molecule has 2 aromatic carbocycles. The quantitative estimate of drug-likeness (QED) is 0.887. The zero-order valence-corrected chi connectivity index (χ0v) is 16.2. The van der Waals surface area contributed by atoms with Crippen LogP contribution in [0, 0.1) is 5.92 Å². The molecule has 1 unspecified atom stereocenters. The third kappa shape index (κ3) is 3.31. The molecule has 2 saturated heterocycles. The van der Waals surface area contributed by atoms with Gasteiger partial charge in [-0.2, -0.15) is 0 Å². The highest BCUT2D eigenvalue weighted by Gasteiger charge is 2.55. The molecule has 0 aromatic heterocycles. The number of rotatable bonds is 4. The summed E-state index contributed by atoms with van der Waals surface area (Å²) in [5, 5.41) is 9.61. The number of carboxylic acids is 1. The lowest BCUT2D eigenvalue weighted by molar-refractivity contribution is -0.146. The minimum absolute atomic E-state index is 0.0450. The number of likely N-dealkylation sites (tertiary alicyclic amines) is 2. The van der Waals surface area contributed by atoms with Gasteiger partial charge in [-0.1, -0.05) is 48.5 Å². The molecule has 0 radical (unpaired) electrons. The van der Waals surface area contributed by atoms with Crippen LogP contribution in [0.15, 0.2) is 54.6 Å². The van der Waals surface area contributed by atoms with E-state index in [0.29, 0.717) is 12.8 Å². The molecule has 5 heteroatoms. The number of hydrogen-bond donors (Lipinski definition) is 1. The fourth-order valence-corrected chi connectivity index (χ4v) is 4.82. The summed E-state index contributed by atoms with van der Waals surface area (Å²) in [5.74, 6) is -1.48. The molecule has 5 nitrogen and oxygen atoms in total. The Morgan fingerprint density at radius 3 is 2.43 bits per heavy atom. The molecule has 28 heavy (non-hydrogen) atoms. The highest BCUT2D eigenvalue weighted by atomic mass is 16.4. The zero-order chi connectivity index (χ0) is 19.7. The number of benzene rings is 2. The Labute approximate surface area is 165 Å². The molecule has 2 aliphatic heterocycles. The van der Waals surface area contributed by atoms with Crippen molar-refractivity contribution in [1.29, 1.82) is 0 Å². The van der Waals surface area contributed by atoms with Crippen molar-refractivity contribution in [2.75, 3.05) is 20.1 Å². The molecule has 2 aromatic rings. The van der Waals surface area contributed by atoms with Crippen LogP contribution in [-0.4, -0.2) is 52.5 Å². The average molecular weight is 378 g/mol. The van der Waals surface area contributed by atoms with E-state index in [-0.39, 0.29) is 12.3 Å². The highest BCUT2D eigenvalue weighted by Crippen LogP contribution is 2.43. The number of nitrogens with zero attached hydrogens (tertiary/aromatic N) is 2. The van der Waals surface area contributed by atoms with E-state index in [1.165, 1.54) is 16.7 Å². The first kappa shape index (κ1) is 18.7. The molecule has 0 aliphatic carbocycles. The first-order valence-corrected chi connectivity index (χ1v) is 9.86. The maximum atomic E-state index is 12.2. The van der Waals surface area contributed by atoms with Crippen LogP contribution in [0.2, 0.25) is 0 Å². The Balaban J connectivity index is 1.45. The van der Waals surface area contributed by atoms with Crippen molar-refractivity contribution in [2.45, 2.75) is 31.3 Å². The molecule has 4 rings (SSSR count). The Kier molecular flexibility index (Phi) is 4.94. The molecule has 146 valence electrons. The maximum absolute atomic E-state index is 12.2. The predicted octanol–water partition coefficient (Wildman–Crippen LogP) is 3.25. The Morgan fingerprint density at radius 1 is 1.07 bits per heavy atom. The van der Waals surface area contributed by atoms with Gasteiger partial charge in [-0.25, -0.2) is 0 Å². The van der Waals surface area contributed by atoms with Crippen molar-refractivity contribution in [3.63, 3.8) is 0 Å². The van der Waals surface area contributed by atoms with Crippen molar-refractivity contribution in [3.8, 4) is 11.1 Å². The first-order valence-electron chi connectivity index (χ1n) is 9.86. The standard InChI is InChI=1S/C23H26N2O3/c1-24-21(26)15-20(22(27)28)23(24)10-12-25(13-11-23)16-17-6-5-9-19(14-17)18-7-3-2-4-8-18/h2-9,14,20H,10-13,15-16H2,1H3,(H,27,28). The zero-order valence-electron chi connectivity index (χ0n) is 16.2. The van der Waals surface area contributed by atoms with Gasteiger partial charge in [0.2, 0.25) is 5.91 Å². The molecule has 2 aliphatic rings. The normalized spacial score (nSPS) is 22.0. The monoisotopic (exact) mass is 378 g/mol. The first-order chi connectivity index (χ1) is 13.5. The molecule has 2 heterocycles. The molecular formula is C23H26N2O3. The maximum Gasteiger partial charge on any atom is 0.309 e. The van der Waals surface area contributed by atoms with Crippen molar-refractivity contribution in [3.05, 3.63) is 60.2 Å². The largest absolute Gasteiger partial charge is 0.481 e. The van der Waals surface area contributed by atoms with E-state index < -0.39 is 17.4 Å². The summed E-state index contributed by atoms with van der Waals surface area (Å²) in [6.07, 6.45) is 1.56. The van der Waals surface area contributed by atoms with E-state index in [1.807, 2.05) is 18.2 Å². The highest BCUT2D eigenvalue weighted by molar-refractivity contribution is 5.88. The summed E-state index contributed by atoms with van der Waals surface area (Å²) in [6, 6.07) is 18.9. The molecular weight excluding hydrogens is 352 g/mol. The van der Waals surface area contributed by atoms with Crippen LogP contribution in [0.4, 0.5) is 0 Å². The summed E-state index contributed by atoms with van der Waals surface area (Å²) in [4.78, 5) is 27.9. The summed E-state index contributed by atoms with van der Waals surface area (Å²) in [7, 11) is 1.77. The number of carboxylic acid groups (broad SMARTS) is 1. The van der Waals surface area contributed by atoms with Gasteiger partial charge in [0, 0.05) is 33.1 Å². The minimum atomic E-state index is -0.846. The Bertz CT molecular complexity index is 872. The van der Waals surface area contributed by atoms with E-state index >= 15 is 0 Å². The summed E-state index contributed by atoms with van der Waals surface area (Å²) in [5.41, 5.74) is 3.14. The topological polar surface area (TPSA) is 60.9 Å². The van der Waals surface area contributed by atoms with Gasteiger partial charge in [0.15, 0.2) is 0 Å². The third-order valence-electron chi connectivity index (χ3n) is 6.53. The average Bonchev–Trinajstić information content (AvgIpc) is 2.96. The SMILES string of the molecule is CN1C(=O)CC(C(=O)O)C12CCN(Cc1cccc(-c3ccccc3)c1)CC2. The number of amides is 1. The van der Waals surface area contributed by atoms with Crippen molar-refractivity contribution >= 4 is 11.9 Å². The number of piperidine rings is 1. The number of carbonyl (C=O) groups is 2. The van der Waals surface area contributed by atoms with Crippen LogP contribution in [0.3, 0.4) is 0 Å². The second-order valence-corrected chi connectivity index (χ2v) is 7.99. The number of carbonyl (C=O) groups excluding carboxylic acids is 1. The molecule has 0 saturated carbocycles. The van der Waals surface area contributed by atoms with Gasteiger partial charge >= 0.3 is 5.97 Å². The fraction of sp³-hybridized carbons (Fsp3) is 0.391. The number of aliphatic carboxylic acids is 1. The second kappa shape index (κ2) is 7.40. The van der Waals surface area contributed by atoms with Gasteiger partial charge in [-0.3, -0.25) is 14.5 Å².